The van der Waals surface area contributed by atoms with Crippen LogP contribution in [0.4, 0.5) is 0 Å². The third kappa shape index (κ3) is 2.90. The number of carbonyl (C=O) groups is 1. The van der Waals surface area contributed by atoms with Crippen molar-refractivity contribution in [1.82, 2.24) is 4.98 Å². The molecule has 4 nitrogen and oxygen atoms in total. The van der Waals surface area contributed by atoms with Crippen LogP contribution in [0.3, 0.4) is 0 Å². The van der Waals surface area contributed by atoms with Crippen LogP contribution in [0.5, 0.6) is 0 Å². The number of aliphatic hydroxyl groups excluding tert-OH is 1. The van der Waals surface area contributed by atoms with Gasteiger partial charge < -0.3 is 9.84 Å². The van der Waals surface area contributed by atoms with Crippen molar-refractivity contribution >= 4 is 16.9 Å². The summed E-state index contributed by atoms with van der Waals surface area (Å²) >= 11 is 0. The Morgan fingerprint density at radius 2 is 2.16 bits per heavy atom. The van der Waals surface area contributed by atoms with Crippen molar-refractivity contribution in [2.24, 2.45) is 0 Å². The van der Waals surface area contributed by atoms with Crippen molar-refractivity contribution in [3.05, 3.63) is 41.1 Å². The summed E-state index contributed by atoms with van der Waals surface area (Å²) in [7, 11) is 1.35. The predicted octanol–water partition coefficient (Wildman–Crippen LogP) is 2.25. The van der Waals surface area contributed by atoms with Crippen LogP contribution in [0, 0.1) is 6.92 Å². The van der Waals surface area contributed by atoms with Gasteiger partial charge >= 0.3 is 5.97 Å². The lowest BCUT2D eigenvalue weighted by atomic mass is 10.0. The number of hydrogen-bond acceptors (Lipinski definition) is 4. The summed E-state index contributed by atoms with van der Waals surface area (Å²) in [4.78, 5) is 16.1. The average Bonchev–Trinajstić information content (AvgIpc) is 2.43. The zero-order valence-corrected chi connectivity index (χ0v) is 11.1. The Balaban J connectivity index is 2.56. The van der Waals surface area contributed by atoms with Crippen LogP contribution < -0.4 is 0 Å². The molecule has 2 rings (SSSR count). The minimum absolute atomic E-state index is 0.0897. The Morgan fingerprint density at radius 3 is 2.84 bits per heavy atom. The van der Waals surface area contributed by atoms with Crippen LogP contribution in [-0.2, 0) is 11.2 Å². The van der Waals surface area contributed by atoms with Crippen LogP contribution in [0.15, 0.2) is 24.3 Å². The Kier molecular flexibility index (Phi) is 4.12. The number of carbonyl (C=O) groups excluding carboxylic acids is 1. The van der Waals surface area contributed by atoms with Crippen LogP contribution in [0.25, 0.3) is 10.9 Å². The third-order valence-electron chi connectivity index (χ3n) is 3.03. The molecule has 0 fully saturated rings. The molecule has 19 heavy (non-hydrogen) atoms. The summed E-state index contributed by atoms with van der Waals surface area (Å²) in [6, 6.07) is 7.85. The maximum absolute atomic E-state index is 11.8. The van der Waals surface area contributed by atoms with Crippen molar-refractivity contribution in [1.29, 1.82) is 0 Å². The van der Waals surface area contributed by atoms with Crippen molar-refractivity contribution in [3.8, 4) is 0 Å². The molecule has 0 saturated heterocycles. The molecule has 0 atom stereocenters. The second kappa shape index (κ2) is 5.80. The standard InChI is InChI=1S/C15H17NO3/c1-10-5-6-13-12(8-10)9-11(4-3-7-17)14(16-13)15(18)19-2/h5-6,8-9,17H,3-4,7H2,1-2H3. The summed E-state index contributed by atoms with van der Waals surface area (Å²) in [6.07, 6.45) is 1.21. The van der Waals surface area contributed by atoms with E-state index in [4.69, 9.17) is 9.84 Å². The van der Waals surface area contributed by atoms with E-state index >= 15 is 0 Å². The molecule has 0 amide bonds. The monoisotopic (exact) mass is 259 g/mol. The van der Waals surface area contributed by atoms with Gasteiger partial charge in [0.1, 0.15) is 0 Å². The van der Waals surface area contributed by atoms with Gasteiger partial charge in [-0.25, -0.2) is 9.78 Å². The Hall–Kier alpha value is -1.94. The van der Waals surface area contributed by atoms with Crippen molar-refractivity contribution < 1.29 is 14.6 Å². The molecule has 1 aromatic carbocycles. The lowest BCUT2D eigenvalue weighted by Gasteiger charge is -2.09. The maximum Gasteiger partial charge on any atom is 0.356 e. The van der Waals surface area contributed by atoms with Gasteiger partial charge in [0.25, 0.3) is 0 Å². The zero-order chi connectivity index (χ0) is 13.8. The van der Waals surface area contributed by atoms with Gasteiger partial charge in [-0.3, -0.25) is 0 Å². The molecule has 0 aliphatic heterocycles. The summed E-state index contributed by atoms with van der Waals surface area (Å²) in [5.74, 6) is -0.435. The van der Waals surface area contributed by atoms with Gasteiger partial charge in [-0.05, 0) is 43.5 Å². The smallest absolute Gasteiger partial charge is 0.356 e. The number of methoxy groups -OCH3 is 1. The highest BCUT2D eigenvalue weighted by atomic mass is 16.5. The summed E-state index contributed by atoms with van der Waals surface area (Å²) in [6.45, 7) is 2.10. The molecule has 0 aliphatic rings. The van der Waals surface area contributed by atoms with E-state index in [0.29, 0.717) is 18.5 Å². The second-order valence-electron chi connectivity index (χ2n) is 4.51. The van der Waals surface area contributed by atoms with E-state index < -0.39 is 5.97 Å². The number of aromatic nitrogens is 1. The van der Waals surface area contributed by atoms with E-state index in [0.717, 1.165) is 22.0 Å². The van der Waals surface area contributed by atoms with E-state index in [1.165, 1.54) is 7.11 Å². The van der Waals surface area contributed by atoms with Gasteiger partial charge in [0.05, 0.1) is 12.6 Å². The fourth-order valence-electron chi connectivity index (χ4n) is 2.07. The van der Waals surface area contributed by atoms with Gasteiger partial charge in [0, 0.05) is 12.0 Å². The average molecular weight is 259 g/mol. The number of fused-ring (bicyclic) bond motifs is 1. The molecule has 1 aromatic heterocycles. The van der Waals surface area contributed by atoms with Gasteiger partial charge in [-0.15, -0.1) is 0 Å². The van der Waals surface area contributed by atoms with E-state index in [-0.39, 0.29) is 6.61 Å². The van der Waals surface area contributed by atoms with E-state index in [1.807, 2.05) is 31.2 Å². The molecule has 4 heteroatoms. The molecule has 1 heterocycles. The van der Waals surface area contributed by atoms with Crippen molar-refractivity contribution in [2.75, 3.05) is 13.7 Å². The summed E-state index contributed by atoms with van der Waals surface area (Å²) in [5.41, 5.74) is 3.08. The number of ether oxygens (including phenoxy) is 1. The van der Waals surface area contributed by atoms with Crippen molar-refractivity contribution in [3.63, 3.8) is 0 Å². The number of hydrogen-bond donors (Lipinski definition) is 1. The normalized spacial score (nSPS) is 10.7. The quantitative estimate of drug-likeness (QED) is 0.856. The summed E-state index contributed by atoms with van der Waals surface area (Å²) in [5, 5.41) is 9.94. The molecule has 0 radical (unpaired) electrons. The highest BCUT2D eigenvalue weighted by Crippen LogP contribution is 2.20. The molecular weight excluding hydrogens is 242 g/mol. The second-order valence-corrected chi connectivity index (χ2v) is 4.51. The molecule has 0 aliphatic carbocycles. The first-order valence-electron chi connectivity index (χ1n) is 6.25. The van der Waals surface area contributed by atoms with Crippen LogP contribution in [0.2, 0.25) is 0 Å². The zero-order valence-electron chi connectivity index (χ0n) is 11.1. The molecule has 1 N–H and O–H groups in total. The lowest BCUT2D eigenvalue weighted by molar-refractivity contribution is 0.0593. The first kappa shape index (κ1) is 13.5. The number of aryl methyl sites for hydroxylation is 2. The van der Waals surface area contributed by atoms with Crippen molar-refractivity contribution in [2.45, 2.75) is 19.8 Å². The SMILES string of the molecule is COC(=O)c1nc2ccc(C)cc2cc1CCCO. The Bertz CT molecular complexity index is 608. The van der Waals surface area contributed by atoms with Gasteiger partial charge in [0.15, 0.2) is 5.69 Å². The molecule has 0 saturated carbocycles. The molecule has 0 unspecified atom stereocenters. The van der Waals surface area contributed by atoms with E-state index in [9.17, 15) is 4.79 Å². The highest BCUT2D eigenvalue weighted by molar-refractivity contribution is 5.93. The first-order valence-corrected chi connectivity index (χ1v) is 6.25. The van der Waals surface area contributed by atoms with Gasteiger partial charge in [0.2, 0.25) is 0 Å². The number of pyridine rings is 1. The maximum atomic E-state index is 11.8. The molecule has 2 aromatic rings. The van der Waals surface area contributed by atoms with Crippen LogP contribution in [0.1, 0.15) is 28.0 Å². The first-order chi connectivity index (χ1) is 9.15. The summed E-state index contributed by atoms with van der Waals surface area (Å²) < 4.78 is 4.77. The fraction of sp³-hybridized carbons (Fsp3) is 0.333. The fourth-order valence-corrected chi connectivity index (χ4v) is 2.07. The van der Waals surface area contributed by atoms with E-state index in [2.05, 4.69) is 4.98 Å². The van der Waals surface area contributed by atoms with Gasteiger partial charge in [-0.1, -0.05) is 11.6 Å². The molecule has 100 valence electrons. The molecular formula is C15H17NO3. The third-order valence-corrected chi connectivity index (χ3v) is 3.03. The number of benzene rings is 1. The topological polar surface area (TPSA) is 59.4 Å². The molecule has 0 bridgehead atoms. The van der Waals surface area contributed by atoms with Gasteiger partial charge in [-0.2, -0.15) is 0 Å². The van der Waals surface area contributed by atoms with Crippen LogP contribution in [-0.4, -0.2) is 29.8 Å². The number of aliphatic hydroxyl groups is 1. The lowest BCUT2D eigenvalue weighted by Crippen LogP contribution is -2.09. The Labute approximate surface area is 112 Å². The minimum atomic E-state index is -0.435. The molecule has 0 spiro atoms. The number of esters is 1. The van der Waals surface area contributed by atoms with Crippen LogP contribution >= 0.6 is 0 Å². The Morgan fingerprint density at radius 1 is 1.37 bits per heavy atom. The van der Waals surface area contributed by atoms with E-state index in [1.54, 1.807) is 0 Å². The predicted molar refractivity (Wildman–Crippen MR) is 73.2 cm³/mol. The minimum Gasteiger partial charge on any atom is -0.464 e. The number of nitrogens with zero attached hydrogens (tertiary/aromatic N) is 1. The highest BCUT2D eigenvalue weighted by Gasteiger charge is 2.15. The number of rotatable bonds is 4. The largest absolute Gasteiger partial charge is 0.464 e.